The summed E-state index contributed by atoms with van der Waals surface area (Å²) in [6.45, 7) is 3.36. The van der Waals surface area contributed by atoms with Gasteiger partial charge in [-0.1, -0.05) is 18.4 Å². The Labute approximate surface area is 48.7 Å². The predicted molar refractivity (Wildman–Crippen MR) is 33.2 cm³/mol. The predicted octanol–water partition coefficient (Wildman–Crippen LogP) is 0.931. The van der Waals surface area contributed by atoms with Crippen molar-refractivity contribution in [2.45, 2.75) is 0 Å². The minimum atomic E-state index is 0.678. The van der Waals surface area contributed by atoms with Gasteiger partial charge in [-0.15, -0.1) is 0 Å². The Morgan fingerprint density at radius 1 is 1.38 bits per heavy atom. The molecule has 0 saturated heterocycles. The molecular weight excluding hydrogens is 100 g/mol. The van der Waals surface area contributed by atoms with Crippen LogP contribution in [0.25, 0.3) is 0 Å². The van der Waals surface area contributed by atoms with Crippen molar-refractivity contribution in [1.29, 1.82) is 0 Å². The Bertz CT molecular complexity index is 155. The van der Waals surface area contributed by atoms with E-state index in [1.807, 2.05) is 0 Å². The maximum absolute atomic E-state index is 9.59. The molecule has 0 aliphatic rings. The first-order valence-electron chi connectivity index (χ1n) is 2.14. The number of carbonyl (C=O) groups is 1. The van der Waals surface area contributed by atoms with Crippen LogP contribution in [0.1, 0.15) is 0 Å². The summed E-state index contributed by atoms with van der Waals surface area (Å²) in [7, 11) is 0. The van der Waals surface area contributed by atoms with Gasteiger partial charge in [-0.2, -0.15) is 0 Å². The summed E-state index contributed by atoms with van der Waals surface area (Å²) in [5.41, 5.74) is 0. The minimum absolute atomic E-state index is 0.678. The van der Waals surface area contributed by atoms with E-state index < -0.39 is 0 Å². The first-order chi connectivity index (χ1) is 3.91. The molecule has 0 radical (unpaired) electrons. The maximum atomic E-state index is 9.59. The molecule has 0 aliphatic carbocycles. The van der Waals surface area contributed by atoms with Crippen LogP contribution in [0.4, 0.5) is 0 Å². The summed E-state index contributed by atoms with van der Waals surface area (Å²) in [5.74, 6) is 5.11. The first kappa shape index (κ1) is 6.71. The van der Waals surface area contributed by atoms with Gasteiger partial charge in [0.25, 0.3) is 0 Å². The Kier molecular flexibility index (Phi) is 4.79. The van der Waals surface area contributed by atoms with E-state index in [1.54, 1.807) is 0 Å². The SMILES string of the molecule is C=CC#CC=CC=O. The third-order valence-corrected chi connectivity index (χ3v) is 0.444. The average Bonchev–Trinajstić information content (AvgIpc) is 1.81. The van der Waals surface area contributed by atoms with Crippen LogP contribution in [-0.4, -0.2) is 6.29 Å². The molecule has 0 aromatic heterocycles. The van der Waals surface area contributed by atoms with Crippen LogP contribution in [-0.2, 0) is 4.79 Å². The molecule has 40 valence electrons. The van der Waals surface area contributed by atoms with Crippen LogP contribution in [0.15, 0.2) is 24.8 Å². The molecule has 0 fully saturated rings. The van der Waals surface area contributed by atoms with Gasteiger partial charge < -0.3 is 0 Å². The van der Waals surface area contributed by atoms with Gasteiger partial charge in [0.05, 0.1) is 0 Å². The van der Waals surface area contributed by atoms with Gasteiger partial charge in [-0.05, 0) is 18.2 Å². The zero-order valence-electron chi connectivity index (χ0n) is 4.42. The van der Waals surface area contributed by atoms with Crippen LogP contribution < -0.4 is 0 Å². The standard InChI is InChI=1S/C7H6O/c1-2-3-4-5-6-7-8/h2,5-7H,1H2. The Morgan fingerprint density at radius 3 is 2.62 bits per heavy atom. The van der Waals surface area contributed by atoms with Crippen molar-refractivity contribution in [1.82, 2.24) is 0 Å². The fourth-order valence-electron chi connectivity index (χ4n) is 0.194. The Balaban J connectivity index is 3.56. The Hall–Kier alpha value is -1.29. The van der Waals surface area contributed by atoms with Crippen LogP contribution in [0.5, 0.6) is 0 Å². The van der Waals surface area contributed by atoms with E-state index in [4.69, 9.17) is 0 Å². The van der Waals surface area contributed by atoms with Crippen molar-refractivity contribution < 1.29 is 4.79 Å². The van der Waals surface area contributed by atoms with Gasteiger partial charge in [-0.3, -0.25) is 4.79 Å². The molecule has 0 atom stereocenters. The minimum Gasteiger partial charge on any atom is -0.299 e. The fourth-order valence-corrected chi connectivity index (χ4v) is 0.194. The molecule has 0 heterocycles. The second kappa shape index (κ2) is 5.71. The molecule has 8 heavy (non-hydrogen) atoms. The monoisotopic (exact) mass is 106 g/mol. The lowest BCUT2D eigenvalue weighted by molar-refractivity contribution is -0.104. The number of hydrogen-bond donors (Lipinski definition) is 0. The topological polar surface area (TPSA) is 17.1 Å². The van der Waals surface area contributed by atoms with E-state index in [1.165, 1.54) is 18.2 Å². The summed E-state index contributed by atoms with van der Waals surface area (Å²) in [5, 5.41) is 0. The smallest absolute Gasteiger partial charge is 0.143 e. The van der Waals surface area contributed by atoms with Crippen molar-refractivity contribution in [3.63, 3.8) is 0 Å². The zero-order chi connectivity index (χ0) is 6.24. The molecule has 0 aliphatic heterocycles. The summed E-state index contributed by atoms with van der Waals surface area (Å²) >= 11 is 0. The molecule has 1 nitrogen and oxygen atoms in total. The summed E-state index contributed by atoms with van der Waals surface area (Å²) in [4.78, 5) is 9.59. The number of aldehydes is 1. The van der Waals surface area contributed by atoms with E-state index in [9.17, 15) is 4.79 Å². The number of carbonyl (C=O) groups excluding carboxylic acids is 1. The molecular formula is C7H6O. The first-order valence-corrected chi connectivity index (χ1v) is 2.14. The van der Waals surface area contributed by atoms with E-state index in [-0.39, 0.29) is 0 Å². The van der Waals surface area contributed by atoms with Crippen molar-refractivity contribution in [3.05, 3.63) is 24.8 Å². The number of allylic oxidation sites excluding steroid dienone is 3. The summed E-state index contributed by atoms with van der Waals surface area (Å²) < 4.78 is 0. The van der Waals surface area contributed by atoms with E-state index >= 15 is 0 Å². The van der Waals surface area contributed by atoms with Crippen molar-refractivity contribution in [3.8, 4) is 11.8 Å². The highest BCUT2D eigenvalue weighted by Crippen LogP contribution is 1.62. The molecule has 0 spiro atoms. The second-order valence-corrected chi connectivity index (χ2v) is 0.988. The fraction of sp³-hybridized carbons (Fsp3) is 0. The molecule has 0 saturated carbocycles. The van der Waals surface area contributed by atoms with Crippen molar-refractivity contribution in [2.75, 3.05) is 0 Å². The number of hydrogen-bond acceptors (Lipinski definition) is 1. The van der Waals surface area contributed by atoms with Crippen LogP contribution in [0, 0.1) is 11.8 Å². The van der Waals surface area contributed by atoms with Gasteiger partial charge in [-0.25, -0.2) is 0 Å². The van der Waals surface area contributed by atoms with Crippen molar-refractivity contribution >= 4 is 6.29 Å². The lowest BCUT2D eigenvalue weighted by Crippen LogP contribution is -1.55. The average molecular weight is 106 g/mol. The molecule has 0 aromatic carbocycles. The van der Waals surface area contributed by atoms with Gasteiger partial charge >= 0.3 is 0 Å². The molecule has 0 N–H and O–H groups in total. The van der Waals surface area contributed by atoms with Crippen LogP contribution >= 0.6 is 0 Å². The Morgan fingerprint density at radius 2 is 2.12 bits per heavy atom. The van der Waals surface area contributed by atoms with Gasteiger partial charge in [0.1, 0.15) is 6.29 Å². The summed E-state index contributed by atoms with van der Waals surface area (Å²) in [6, 6.07) is 0. The molecule has 0 rings (SSSR count). The largest absolute Gasteiger partial charge is 0.299 e. The molecule has 0 bridgehead atoms. The van der Waals surface area contributed by atoms with E-state index in [2.05, 4.69) is 18.4 Å². The highest BCUT2D eigenvalue weighted by atomic mass is 16.1. The lowest BCUT2D eigenvalue weighted by Gasteiger charge is -1.58. The highest BCUT2D eigenvalue weighted by molar-refractivity contribution is 5.65. The number of rotatable bonds is 1. The van der Waals surface area contributed by atoms with E-state index in [0.29, 0.717) is 6.29 Å². The second-order valence-electron chi connectivity index (χ2n) is 0.988. The molecule has 0 aromatic rings. The zero-order valence-corrected chi connectivity index (χ0v) is 4.42. The van der Waals surface area contributed by atoms with E-state index in [0.717, 1.165) is 0 Å². The third-order valence-electron chi connectivity index (χ3n) is 0.444. The van der Waals surface area contributed by atoms with Crippen LogP contribution in [0.3, 0.4) is 0 Å². The van der Waals surface area contributed by atoms with Crippen LogP contribution in [0.2, 0.25) is 0 Å². The van der Waals surface area contributed by atoms with Gasteiger partial charge in [0, 0.05) is 0 Å². The quantitative estimate of drug-likeness (QED) is 0.276. The normalized spacial score (nSPS) is 7.50. The maximum Gasteiger partial charge on any atom is 0.143 e. The molecule has 1 heteroatoms. The summed E-state index contributed by atoms with van der Waals surface area (Å²) in [6.07, 6.45) is 4.94. The lowest BCUT2D eigenvalue weighted by atomic mass is 10.5. The highest BCUT2D eigenvalue weighted by Gasteiger charge is 1.55. The molecule has 0 amide bonds. The third kappa shape index (κ3) is 4.71. The van der Waals surface area contributed by atoms with Gasteiger partial charge in [0.15, 0.2) is 0 Å². The van der Waals surface area contributed by atoms with Gasteiger partial charge in [0.2, 0.25) is 0 Å². The molecule has 0 unspecified atom stereocenters. The van der Waals surface area contributed by atoms with Crippen molar-refractivity contribution in [2.24, 2.45) is 0 Å².